The second kappa shape index (κ2) is 10.8. The van der Waals surface area contributed by atoms with Gasteiger partial charge in [-0.3, -0.25) is 9.89 Å². The average molecular weight is 439 g/mol. The Kier molecular flexibility index (Phi) is 7.59. The van der Waals surface area contributed by atoms with Crippen LogP contribution in [0, 0.1) is 5.92 Å². The minimum atomic E-state index is 0.480. The quantitative estimate of drug-likeness (QED) is 0.280. The van der Waals surface area contributed by atoms with Gasteiger partial charge in [-0.2, -0.15) is 0 Å². The number of guanidine groups is 1. The van der Waals surface area contributed by atoms with Crippen molar-refractivity contribution in [3.8, 4) is 0 Å². The van der Waals surface area contributed by atoms with E-state index in [1.54, 1.807) is 0 Å². The van der Waals surface area contributed by atoms with Gasteiger partial charge in [-0.15, -0.1) is 11.3 Å². The highest BCUT2D eigenvalue weighted by Crippen LogP contribution is 2.37. The molecule has 6 nitrogen and oxygen atoms in total. The molecule has 166 valence electrons. The van der Waals surface area contributed by atoms with Crippen molar-refractivity contribution in [1.82, 2.24) is 25.5 Å². The molecule has 0 aliphatic carbocycles. The third-order valence-corrected chi connectivity index (χ3v) is 6.93. The molecular weight excluding hydrogens is 404 g/mol. The Balaban J connectivity index is 1.31. The third kappa shape index (κ3) is 5.66. The average Bonchev–Trinajstić information content (AvgIpc) is 3.44. The summed E-state index contributed by atoms with van der Waals surface area (Å²) in [4.78, 5) is 17.0. The summed E-state index contributed by atoms with van der Waals surface area (Å²) in [5.74, 6) is 2.53. The van der Waals surface area contributed by atoms with Crippen LogP contribution in [-0.2, 0) is 6.42 Å². The number of benzene rings is 1. The first-order valence-corrected chi connectivity index (χ1v) is 12.3. The van der Waals surface area contributed by atoms with Crippen molar-refractivity contribution < 1.29 is 0 Å². The summed E-state index contributed by atoms with van der Waals surface area (Å²) < 4.78 is 0. The molecular formula is C24H34N6S. The number of aryl methyl sites for hydroxylation is 1. The van der Waals surface area contributed by atoms with Crippen LogP contribution in [0.4, 0.5) is 0 Å². The number of H-pyrrole nitrogens is 1. The number of aromatic nitrogens is 2. The summed E-state index contributed by atoms with van der Waals surface area (Å²) in [5.41, 5.74) is 2.15. The Morgan fingerprint density at radius 1 is 1.26 bits per heavy atom. The Morgan fingerprint density at radius 2 is 2.16 bits per heavy atom. The lowest BCUT2D eigenvalue weighted by molar-refractivity contribution is 0.128. The van der Waals surface area contributed by atoms with Gasteiger partial charge in [0.1, 0.15) is 5.82 Å². The van der Waals surface area contributed by atoms with Gasteiger partial charge in [0, 0.05) is 37.0 Å². The molecule has 31 heavy (non-hydrogen) atoms. The minimum Gasteiger partial charge on any atom is -0.357 e. The van der Waals surface area contributed by atoms with E-state index in [0.29, 0.717) is 12.0 Å². The van der Waals surface area contributed by atoms with Gasteiger partial charge in [-0.25, -0.2) is 4.98 Å². The van der Waals surface area contributed by atoms with Crippen molar-refractivity contribution in [3.05, 3.63) is 52.5 Å². The van der Waals surface area contributed by atoms with Crippen LogP contribution >= 0.6 is 11.3 Å². The van der Waals surface area contributed by atoms with Gasteiger partial charge in [0.25, 0.3) is 0 Å². The van der Waals surface area contributed by atoms with Gasteiger partial charge in [-0.1, -0.05) is 18.2 Å². The number of nitrogens with one attached hydrogen (secondary N) is 3. The van der Waals surface area contributed by atoms with Crippen LogP contribution in [0.3, 0.4) is 0 Å². The lowest BCUT2D eigenvalue weighted by atomic mass is 9.88. The first-order valence-electron chi connectivity index (χ1n) is 11.4. The SMILES string of the molecule is CCNC(=NCC1CCCN(C)C1c1cccs1)NCCCc1nc2ccccc2[nH]1. The summed E-state index contributed by atoms with van der Waals surface area (Å²) in [6, 6.07) is 13.1. The molecule has 1 aromatic carbocycles. The molecule has 3 aromatic rings. The molecule has 3 heterocycles. The molecule has 0 saturated carbocycles. The van der Waals surface area contributed by atoms with E-state index in [4.69, 9.17) is 4.99 Å². The monoisotopic (exact) mass is 438 g/mol. The van der Waals surface area contributed by atoms with Crippen LogP contribution in [-0.4, -0.2) is 54.1 Å². The van der Waals surface area contributed by atoms with Gasteiger partial charge in [0.05, 0.1) is 11.0 Å². The van der Waals surface area contributed by atoms with E-state index in [1.165, 1.54) is 24.3 Å². The normalized spacial score (nSPS) is 20.3. The molecule has 3 N–H and O–H groups in total. The standard InChI is InChI=1S/C24H34N6S/c1-3-25-24(26-14-6-13-22-28-19-10-4-5-11-20(19)29-22)27-17-18-9-7-15-30(2)23(18)21-12-8-16-31-21/h4-5,8,10-12,16,18,23H,3,6-7,9,13-15,17H2,1-2H3,(H,28,29)(H2,25,26,27). The molecule has 0 spiro atoms. The summed E-state index contributed by atoms with van der Waals surface area (Å²) in [5, 5.41) is 9.11. The maximum Gasteiger partial charge on any atom is 0.191 e. The highest BCUT2D eigenvalue weighted by Gasteiger charge is 2.31. The second-order valence-corrected chi connectivity index (χ2v) is 9.27. The molecule has 2 unspecified atom stereocenters. The van der Waals surface area contributed by atoms with Crippen LogP contribution in [0.25, 0.3) is 11.0 Å². The van der Waals surface area contributed by atoms with Crippen molar-refractivity contribution in [3.63, 3.8) is 0 Å². The van der Waals surface area contributed by atoms with E-state index in [9.17, 15) is 0 Å². The fourth-order valence-corrected chi connectivity index (χ4v) is 5.48. The summed E-state index contributed by atoms with van der Waals surface area (Å²) >= 11 is 1.87. The lowest BCUT2D eigenvalue weighted by Gasteiger charge is -2.38. The number of thiophene rings is 1. The third-order valence-electron chi connectivity index (χ3n) is 5.99. The second-order valence-electron chi connectivity index (χ2n) is 8.29. The van der Waals surface area contributed by atoms with Gasteiger partial charge >= 0.3 is 0 Å². The van der Waals surface area contributed by atoms with E-state index in [2.05, 4.69) is 69.1 Å². The Morgan fingerprint density at radius 3 is 2.97 bits per heavy atom. The molecule has 0 radical (unpaired) electrons. The van der Waals surface area contributed by atoms with Gasteiger partial charge in [-0.05, 0) is 69.3 Å². The van der Waals surface area contributed by atoms with Crippen molar-refractivity contribution >= 4 is 28.3 Å². The molecule has 1 fully saturated rings. The molecule has 0 amide bonds. The van der Waals surface area contributed by atoms with Crippen LogP contribution < -0.4 is 10.6 Å². The smallest absolute Gasteiger partial charge is 0.191 e. The fraction of sp³-hybridized carbons (Fsp3) is 0.500. The minimum absolute atomic E-state index is 0.480. The molecule has 2 aromatic heterocycles. The van der Waals surface area contributed by atoms with E-state index in [1.807, 2.05) is 23.5 Å². The highest BCUT2D eigenvalue weighted by atomic mass is 32.1. The zero-order chi connectivity index (χ0) is 21.5. The number of aromatic amines is 1. The molecule has 1 saturated heterocycles. The number of para-hydroxylation sites is 2. The van der Waals surface area contributed by atoms with E-state index in [0.717, 1.165) is 55.3 Å². The summed E-state index contributed by atoms with van der Waals surface area (Å²) in [6.45, 7) is 5.89. The van der Waals surface area contributed by atoms with Crippen molar-refractivity contribution in [2.75, 3.05) is 33.2 Å². The number of hydrogen-bond acceptors (Lipinski definition) is 4. The van der Waals surface area contributed by atoms with Crippen LogP contribution in [0.5, 0.6) is 0 Å². The predicted octanol–water partition coefficient (Wildman–Crippen LogP) is 4.20. The first kappa shape index (κ1) is 21.8. The Labute approximate surface area is 189 Å². The van der Waals surface area contributed by atoms with Crippen LogP contribution in [0.15, 0.2) is 46.8 Å². The number of nitrogens with zero attached hydrogens (tertiary/aromatic N) is 3. The maximum atomic E-state index is 4.96. The lowest BCUT2D eigenvalue weighted by Crippen LogP contribution is -2.40. The molecule has 2 atom stereocenters. The van der Waals surface area contributed by atoms with Gasteiger partial charge in [0.2, 0.25) is 0 Å². The van der Waals surface area contributed by atoms with E-state index in [-0.39, 0.29) is 0 Å². The first-order chi connectivity index (χ1) is 15.2. The molecule has 1 aliphatic rings. The number of aliphatic imine (C=N–C) groups is 1. The largest absolute Gasteiger partial charge is 0.357 e. The predicted molar refractivity (Wildman–Crippen MR) is 131 cm³/mol. The van der Waals surface area contributed by atoms with Gasteiger partial charge in [0.15, 0.2) is 5.96 Å². The van der Waals surface area contributed by atoms with Crippen molar-refractivity contribution in [2.45, 2.75) is 38.6 Å². The number of hydrogen-bond donors (Lipinski definition) is 3. The van der Waals surface area contributed by atoms with Crippen molar-refractivity contribution in [2.24, 2.45) is 10.9 Å². The van der Waals surface area contributed by atoms with E-state index < -0.39 is 0 Å². The zero-order valence-corrected chi connectivity index (χ0v) is 19.4. The van der Waals surface area contributed by atoms with Crippen molar-refractivity contribution in [1.29, 1.82) is 0 Å². The van der Waals surface area contributed by atoms with E-state index >= 15 is 0 Å². The highest BCUT2D eigenvalue weighted by molar-refractivity contribution is 7.10. The maximum absolute atomic E-state index is 4.96. The number of rotatable bonds is 8. The molecule has 0 bridgehead atoms. The number of piperidine rings is 1. The summed E-state index contributed by atoms with van der Waals surface area (Å²) in [7, 11) is 2.25. The van der Waals surface area contributed by atoms with Crippen LogP contribution in [0.2, 0.25) is 0 Å². The molecule has 7 heteroatoms. The fourth-order valence-electron chi connectivity index (χ4n) is 4.50. The molecule has 1 aliphatic heterocycles. The van der Waals surface area contributed by atoms with Gasteiger partial charge < -0.3 is 15.6 Å². The molecule has 4 rings (SSSR count). The Hall–Kier alpha value is -2.38. The number of fused-ring (bicyclic) bond motifs is 1. The summed E-state index contributed by atoms with van der Waals surface area (Å²) in [6.07, 6.45) is 4.42. The zero-order valence-electron chi connectivity index (χ0n) is 18.6. The number of likely N-dealkylation sites (tertiary alicyclic amines) is 1. The number of imidazole rings is 1. The topological polar surface area (TPSA) is 68.3 Å². The Bertz CT molecular complexity index is 931. The van der Waals surface area contributed by atoms with Crippen LogP contribution in [0.1, 0.15) is 42.9 Å².